The molecule has 86 valence electrons. The number of halogens is 3. The van der Waals surface area contributed by atoms with Gasteiger partial charge in [0.2, 0.25) is 0 Å². The smallest absolute Gasteiger partial charge is 0.162 e. The monoisotopic (exact) mass is 228 g/mol. The Morgan fingerprint density at radius 3 is 2.38 bits per heavy atom. The van der Waals surface area contributed by atoms with E-state index in [1.807, 2.05) is 0 Å². The van der Waals surface area contributed by atoms with Gasteiger partial charge in [-0.2, -0.15) is 0 Å². The summed E-state index contributed by atoms with van der Waals surface area (Å²) in [4.78, 5) is 11.6. The second-order valence-electron chi connectivity index (χ2n) is 4.56. The van der Waals surface area contributed by atoms with Crippen LogP contribution in [0.2, 0.25) is 0 Å². The lowest BCUT2D eigenvalue weighted by atomic mass is 9.71. The van der Waals surface area contributed by atoms with Crippen LogP contribution < -0.4 is 0 Å². The maximum atomic E-state index is 13.6. The first-order valence-corrected chi connectivity index (χ1v) is 5.06. The van der Waals surface area contributed by atoms with Gasteiger partial charge in [-0.1, -0.05) is 0 Å². The first-order chi connectivity index (χ1) is 7.35. The Morgan fingerprint density at radius 1 is 1.12 bits per heavy atom. The Balaban J connectivity index is 2.77. The lowest BCUT2D eigenvalue weighted by Crippen LogP contribution is -2.36. The van der Waals surface area contributed by atoms with Crippen LogP contribution in [0.5, 0.6) is 0 Å². The van der Waals surface area contributed by atoms with Gasteiger partial charge in [-0.15, -0.1) is 0 Å². The van der Waals surface area contributed by atoms with E-state index in [2.05, 4.69) is 0 Å². The van der Waals surface area contributed by atoms with Crippen LogP contribution in [-0.2, 0) is 16.6 Å². The van der Waals surface area contributed by atoms with E-state index < -0.39 is 22.9 Å². The molecule has 1 aromatic rings. The van der Waals surface area contributed by atoms with Crippen molar-refractivity contribution in [1.82, 2.24) is 0 Å². The van der Waals surface area contributed by atoms with E-state index in [9.17, 15) is 18.0 Å². The van der Waals surface area contributed by atoms with Gasteiger partial charge in [0, 0.05) is 18.1 Å². The maximum Gasteiger partial charge on any atom is 0.162 e. The SMILES string of the molecule is CC1(C)C(=O)CCc2c(F)c(F)cc(F)c21. The molecule has 0 amide bonds. The summed E-state index contributed by atoms with van der Waals surface area (Å²) in [6.45, 7) is 3.07. The average molecular weight is 228 g/mol. The molecule has 0 atom stereocenters. The summed E-state index contributed by atoms with van der Waals surface area (Å²) in [5.74, 6) is -3.21. The average Bonchev–Trinajstić information content (AvgIpc) is 2.18. The molecule has 1 aliphatic carbocycles. The zero-order chi connectivity index (χ0) is 12.1. The van der Waals surface area contributed by atoms with Crippen LogP contribution in [-0.4, -0.2) is 5.78 Å². The lowest BCUT2D eigenvalue weighted by molar-refractivity contribution is -0.124. The summed E-state index contributed by atoms with van der Waals surface area (Å²) < 4.78 is 40.1. The molecule has 0 N–H and O–H groups in total. The van der Waals surface area contributed by atoms with Crippen molar-refractivity contribution in [3.63, 3.8) is 0 Å². The third-order valence-corrected chi connectivity index (χ3v) is 3.19. The topological polar surface area (TPSA) is 17.1 Å². The zero-order valence-corrected chi connectivity index (χ0v) is 9.03. The number of benzene rings is 1. The van der Waals surface area contributed by atoms with Crippen molar-refractivity contribution >= 4 is 5.78 Å². The Morgan fingerprint density at radius 2 is 1.75 bits per heavy atom. The van der Waals surface area contributed by atoms with Crippen molar-refractivity contribution in [2.24, 2.45) is 0 Å². The van der Waals surface area contributed by atoms with Crippen molar-refractivity contribution < 1.29 is 18.0 Å². The molecule has 16 heavy (non-hydrogen) atoms. The zero-order valence-electron chi connectivity index (χ0n) is 9.03. The molecular weight excluding hydrogens is 217 g/mol. The molecule has 0 spiro atoms. The highest BCUT2D eigenvalue weighted by Crippen LogP contribution is 2.37. The fraction of sp³-hybridized carbons (Fsp3) is 0.417. The summed E-state index contributed by atoms with van der Waals surface area (Å²) in [5.41, 5.74) is -1.07. The predicted molar refractivity (Wildman–Crippen MR) is 52.7 cm³/mol. The van der Waals surface area contributed by atoms with E-state index >= 15 is 0 Å². The number of Topliss-reactive ketones (excluding diaryl/α,β-unsaturated/α-hetero) is 1. The van der Waals surface area contributed by atoms with E-state index in [4.69, 9.17) is 0 Å². The number of hydrogen-bond donors (Lipinski definition) is 0. The Kier molecular flexibility index (Phi) is 2.33. The molecule has 0 saturated carbocycles. The molecule has 0 unspecified atom stereocenters. The fourth-order valence-corrected chi connectivity index (χ4v) is 2.25. The van der Waals surface area contributed by atoms with Gasteiger partial charge in [-0.3, -0.25) is 4.79 Å². The van der Waals surface area contributed by atoms with Gasteiger partial charge in [-0.25, -0.2) is 13.2 Å². The highest BCUT2D eigenvalue weighted by molar-refractivity contribution is 5.91. The molecule has 2 rings (SSSR count). The molecule has 0 saturated heterocycles. The largest absolute Gasteiger partial charge is 0.299 e. The molecule has 0 radical (unpaired) electrons. The molecule has 1 nitrogen and oxygen atoms in total. The van der Waals surface area contributed by atoms with Gasteiger partial charge in [0.15, 0.2) is 11.6 Å². The number of fused-ring (bicyclic) bond motifs is 1. The van der Waals surface area contributed by atoms with Crippen molar-refractivity contribution in [3.8, 4) is 0 Å². The van der Waals surface area contributed by atoms with E-state index in [0.717, 1.165) is 0 Å². The van der Waals surface area contributed by atoms with Crippen LogP contribution in [0.3, 0.4) is 0 Å². The van der Waals surface area contributed by atoms with Gasteiger partial charge in [0.05, 0.1) is 5.41 Å². The molecule has 0 bridgehead atoms. The van der Waals surface area contributed by atoms with Gasteiger partial charge in [0.25, 0.3) is 0 Å². The molecule has 0 aliphatic heterocycles. The molecule has 0 heterocycles. The van der Waals surface area contributed by atoms with Crippen LogP contribution in [0.15, 0.2) is 6.07 Å². The molecule has 0 aromatic heterocycles. The van der Waals surface area contributed by atoms with Gasteiger partial charge in [-0.05, 0) is 25.8 Å². The lowest BCUT2D eigenvalue weighted by Gasteiger charge is -2.31. The second-order valence-corrected chi connectivity index (χ2v) is 4.56. The Bertz CT molecular complexity index is 478. The van der Waals surface area contributed by atoms with Crippen molar-refractivity contribution in [1.29, 1.82) is 0 Å². The van der Waals surface area contributed by atoms with E-state index in [-0.39, 0.29) is 29.8 Å². The number of rotatable bonds is 0. The number of carbonyl (C=O) groups is 1. The van der Waals surface area contributed by atoms with Gasteiger partial charge in [0.1, 0.15) is 11.6 Å². The van der Waals surface area contributed by atoms with Gasteiger partial charge < -0.3 is 0 Å². The summed E-state index contributed by atoms with van der Waals surface area (Å²) in [6, 6.07) is 0.508. The normalized spacial score (nSPS) is 18.4. The predicted octanol–water partition coefficient (Wildman–Crippen LogP) is 2.90. The minimum Gasteiger partial charge on any atom is -0.299 e. The van der Waals surface area contributed by atoms with Gasteiger partial charge >= 0.3 is 0 Å². The molecule has 1 aliphatic rings. The van der Waals surface area contributed by atoms with Crippen LogP contribution in [0, 0.1) is 17.5 Å². The van der Waals surface area contributed by atoms with E-state index in [1.165, 1.54) is 13.8 Å². The third kappa shape index (κ3) is 1.36. The van der Waals surface area contributed by atoms with Crippen LogP contribution in [0.4, 0.5) is 13.2 Å². The number of carbonyl (C=O) groups excluding carboxylic acids is 1. The van der Waals surface area contributed by atoms with Crippen LogP contribution >= 0.6 is 0 Å². The number of ketones is 1. The minimum absolute atomic E-state index is 0.00194. The second kappa shape index (κ2) is 3.34. The summed E-state index contributed by atoms with van der Waals surface area (Å²) in [6.07, 6.45) is 0.192. The molecular formula is C12H11F3O. The van der Waals surface area contributed by atoms with E-state index in [1.54, 1.807) is 0 Å². The molecule has 4 heteroatoms. The summed E-state index contributed by atoms with van der Waals surface area (Å²) >= 11 is 0. The quantitative estimate of drug-likeness (QED) is 0.624. The maximum absolute atomic E-state index is 13.6. The first kappa shape index (κ1) is 11.2. The summed E-state index contributed by atoms with van der Waals surface area (Å²) in [5, 5.41) is 0. The van der Waals surface area contributed by atoms with Crippen LogP contribution in [0.25, 0.3) is 0 Å². The van der Waals surface area contributed by atoms with E-state index in [0.29, 0.717) is 6.07 Å². The van der Waals surface area contributed by atoms with Crippen molar-refractivity contribution in [2.45, 2.75) is 32.1 Å². The fourth-order valence-electron chi connectivity index (χ4n) is 2.25. The molecule has 0 fully saturated rings. The Labute approximate surface area is 91.3 Å². The number of hydrogen-bond acceptors (Lipinski definition) is 1. The minimum atomic E-state index is -1.19. The summed E-state index contributed by atoms with van der Waals surface area (Å²) in [7, 11) is 0. The third-order valence-electron chi connectivity index (χ3n) is 3.19. The van der Waals surface area contributed by atoms with Crippen molar-refractivity contribution in [2.75, 3.05) is 0 Å². The first-order valence-electron chi connectivity index (χ1n) is 5.06. The Hall–Kier alpha value is -1.32. The van der Waals surface area contributed by atoms with Crippen LogP contribution in [0.1, 0.15) is 31.4 Å². The highest BCUT2D eigenvalue weighted by Gasteiger charge is 2.39. The molecule has 1 aromatic carbocycles. The highest BCUT2D eigenvalue weighted by atomic mass is 19.2. The standard InChI is InChI=1S/C12H11F3O/c1-12(2)9(16)4-3-6-10(12)7(13)5-8(14)11(6)15/h5H,3-4H2,1-2H3. The van der Waals surface area contributed by atoms with Crippen molar-refractivity contribution in [3.05, 3.63) is 34.6 Å².